The van der Waals surface area contributed by atoms with Gasteiger partial charge in [-0.05, 0) is 52.0 Å². The predicted molar refractivity (Wildman–Crippen MR) is 84.0 cm³/mol. The number of carbonyl (C=O) groups excluding carboxylic acids is 3. The molecule has 1 aliphatic carbocycles. The fourth-order valence-corrected chi connectivity index (χ4v) is 4.27. The molecule has 3 rings (SSSR count). The number of Topliss-reactive ketones (excluding diaryl/α,β-unsaturated/α-hetero) is 1. The van der Waals surface area contributed by atoms with Crippen LogP contribution in [0.3, 0.4) is 0 Å². The molecule has 6 heteroatoms. The minimum Gasteiger partial charge on any atom is -0.465 e. The van der Waals surface area contributed by atoms with Gasteiger partial charge in [0.25, 0.3) is 0 Å². The molecule has 132 valence electrons. The molecule has 0 unspecified atom stereocenters. The Balaban J connectivity index is 1.85. The monoisotopic (exact) mass is 336 g/mol. The average molecular weight is 336 g/mol. The summed E-state index contributed by atoms with van der Waals surface area (Å²) < 4.78 is 16.3. The third-order valence-corrected chi connectivity index (χ3v) is 5.41. The zero-order valence-electron chi connectivity index (χ0n) is 14.4. The van der Waals surface area contributed by atoms with Crippen LogP contribution in [0.4, 0.5) is 0 Å². The summed E-state index contributed by atoms with van der Waals surface area (Å²) >= 11 is 0. The van der Waals surface area contributed by atoms with Crippen molar-refractivity contribution in [2.24, 2.45) is 11.3 Å². The van der Waals surface area contributed by atoms with Gasteiger partial charge in [0.05, 0.1) is 25.4 Å². The normalized spacial score (nSPS) is 30.0. The highest BCUT2D eigenvalue weighted by atomic mass is 16.6. The van der Waals surface area contributed by atoms with Gasteiger partial charge in [0.1, 0.15) is 5.78 Å². The second-order valence-corrected chi connectivity index (χ2v) is 6.83. The molecule has 6 nitrogen and oxygen atoms in total. The van der Waals surface area contributed by atoms with Crippen molar-refractivity contribution in [3.63, 3.8) is 0 Å². The fourth-order valence-electron chi connectivity index (χ4n) is 4.27. The second kappa shape index (κ2) is 6.31. The van der Waals surface area contributed by atoms with Gasteiger partial charge in [0, 0.05) is 5.92 Å². The van der Waals surface area contributed by atoms with E-state index in [4.69, 9.17) is 14.2 Å². The minimum atomic E-state index is -1.28. The Hall–Kier alpha value is -1.69. The number of hydrogen-bond donors (Lipinski definition) is 0. The van der Waals surface area contributed by atoms with Crippen molar-refractivity contribution in [2.75, 3.05) is 13.2 Å². The highest BCUT2D eigenvalue weighted by Crippen LogP contribution is 2.53. The number of fused-ring (bicyclic) bond motifs is 3. The summed E-state index contributed by atoms with van der Waals surface area (Å²) in [6.45, 7) is 5.49. The molecule has 0 aromatic carbocycles. The average Bonchev–Trinajstić information content (AvgIpc) is 3.09. The largest absolute Gasteiger partial charge is 0.465 e. The minimum absolute atomic E-state index is 0.0832. The summed E-state index contributed by atoms with van der Waals surface area (Å²) in [5, 5.41) is 0. The summed E-state index contributed by atoms with van der Waals surface area (Å²) in [5.41, 5.74) is 0.785. The predicted octanol–water partition coefficient (Wildman–Crippen LogP) is 1.96. The standard InChI is InChI=1S/C18H24O6/c1-4-22-16(20)18(17(21)23-5-2)8-11-6-14-12(10(3)19)7-15(24-14)13(11)9-18/h12,14-15H,4-9H2,1-3H3/t12-,14-,15-/m0/s1. The zero-order chi connectivity index (χ0) is 17.5. The van der Waals surface area contributed by atoms with E-state index in [2.05, 4.69) is 0 Å². The maximum Gasteiger partial charge on any atom is 0.324 e. The lowest BCUT2D eigenvalue weighted by atomic mass is 9.81. The van der Waals surface area contributed by atoms with E-state index in [9.17, 15) is 14.4 Å². The molecule has 3 atom stereocenters. The first-order valence-electron chi connectivity index (χ1n) is 8.64. The van der Waals surface area contributed by atoms with Crippen LogP contribution >= 0.6 is 0 Å². The number of hydrogen-bond acceptors (Lipinski definition) is 6. The molecule has 0 N–H and O–H groups in total. The lowest BCUT2D eigenvalue weighted by Crippen LogP contribution is -2.41. The van der Waals surface area contributed by atoms with E-state index in [1.165, 1.54) is 0 Å². The molecule has 1 fully saturated rings. The lowest BCUT2D eigenvalue weighted by molar-refractivity contribution is -0.171. The van der Waals surface area contributed by atoms with Crippen LogP contribution in [-0.2, 0) is 28.6 Å². The van der Waals surface area contributed by atoms with Gasteiger partial charge in [-0.25, -0.2) is 0 Å². The van der Waals surface area contributed by atoms with E-state index in [0.29, 0.717) is 19.3 Å². The molecule has 3 aliphatic rings. The maximum atomic E-state index is 12.6. The Morgan fingerprint density at radius 2 is 1.75 bits per heavy atom. The van der Waals surface area contributed by atoms with Crippen LogP contribution in [0, 0.1) is 11.3 Å². The van der Waals surface area contributed by atoms with Crippen LogP contribution in [-0.4, -0.2) is 43.1 Å². The topological polar surface area (TPSA) is 78.9 Å². The molecule has 24 heavy (non-hydrogen) atoms. The van der Waals surface area contributed by atoms with Gasteiger partial charge in [-0.2, -0.15) is 0 Å². The van der Waals surface area contributed by atoms with Gasteiger partial charge >= 0.3 is 11.9 Å². The quantitative estimate of drug-likeness (QED) is 0.434. The van der Waals surface area contributed by atoms with Crippen LogP contribution in [0.25, 0.3) is 0 Å². The molecule has 0 aromatic heterocycles. The summed E-state index contributed by atoms with van der Waals surface area (Å²) in [7, 11) is 0. The molecular formula is C18H24O6. The molecule has 0 amide bonds. The first-order valence-corrected chi connectivity index (χ1v) is 8.64. The Labute approximate surface area is 141 Å². The van der Waals surface area contributed by atoms with Crippen molar-refractivity contribution in [3.8, 4) is 0 Å². The number of rotatable bonds is 5. The van der Waals surface area contributed by atoms with E-state index in [-0.39, 0.29) is 43.5 Å². The first kappa shape index (κ1) is 17.1. The lowest BCUT2D eigenvalue weighted by Gasteiger charge is -2.25. The Bertz CT molecular complexity index is 587. The Morgan fingerprint density at radius 1 is 1.12 bits per heavy atom. The molecule has 2 heterocycles. The highest BCUT2D eigenvalue weighted by Gasteiger charge is 2.58. The number of esters is 2. The van der Waals surface area contributed by atoms with E-state index >= 15 is 0 Å². The van der Waals surface area contributed by atoms with Crippen molar-refractivity contribution in [2.45, 2.75) is 58.7 Å². The highest BCUT2D eigenvalue weighted by molar-refractivity contribution is 6.01. The summed E-state index contributed by atoms with van der Waals surface area (Å²) in [5.74, 6) is -0.973. The summed E-state index contributed by atoms with van der Waals surface area (Å²) in [6, 6.07) is 0. The van der Waals surface area contributed by atoms with Crippen molar-refractivity contribution in [1.82, 2.24) is 0 Å². The molecule has 0 spiro atoms. The third-order valence-electron chi connectivity index (χ3n) is 5.41. The molecule has 0 aromatic rings. The van der Waals surface area contributed by atoms with Crippen LogP contribution < -0.4 is 0 Å². The van der Waals surface area contributed by atoms with Crippen molar-refractivity contribution in [3.05, 3.63) is 11.1 Å². The van der Waals surface area contributed by atoms with E-state index < -0.39 is 17.4 Å². The molecule has 2 bridgehead atoms. The van der Waals surface area contributed by atoms with E-state index in [1.54, 1.807) is 20.8 Å². The van der Waals surface area contributed by atoms with Crippen LogP contribution in [0.2, 0.25) is 0 Å². The van der Waals surface area contributed by atoms with E-state index in [0.717, 1.165) is 11.1 Å². The van der Waals surface area contributed by atoms with Gasteiger partial charge in [0.15, 0.2) is 5.41 Å². The molecule has 2 aliphatic heterocycles. The molecule has 0 saturated carbocycles. The van der Waals surface area contributed by atoms with Gasteiger partial charge < -0.3 is 14.2 Å². The first-order chi connectivity index (χ1) is 11.4. The second-order valence-electron chi connectivity index (χ2n) is 6.83. The molecular weight excluding hydrogens is 312 g/mol. The summed E-state index contributed by atoms with van der Waals surface area (Å²) in [6.07, 6.45) is 1.55. The van der Waals surface area contributed by atoms with Gasteiger partial charge in [-0.15, -0.1) is 0 Å². The van der Waals surface area contributed by atoms with Gasteiger partial charge in [0.2, 0.25) is 0 Å². The van der Waals surface area contributed by atoms with Crippen LogP contribution in [0.1, 0.15) is 46.5 Å². The van der Waals surface area contributed by atoms with Crippen LogP contribution in [0.15, 0.2) is 11.1 Å². The third kappa shape index (κ3) is 2.57. The summed E-state index contributed by atoms with van der Waals surface area (Å²) in [4.78, 5) is 36.9. The smallest absolute Gasteiger partial charge is 0.324 e. The number of ketones is 1. The van der Waals surface area contributed by atoms with Gasteiger partial charge in [-0.1, -0.05) is 5.57 Å². The van der Waals surface area contributed by atoms with E-state index in [1.807, 2.05) is 0 Å². The maximum absolute atomic E-state index is 12.6. The molecule has 0 radical (unpaired) electrons. The van der Waals surface area contributed by atoms with Gasteiger partial charge in [-0.3, -0.25) is 14.4 Å². The molecule has 1 saturated heterocycles. The van der Waals surface area contributed by atoms with Crippen molar-refractivity contribution >= 4 is 17.7 Å². The fraction of sp³-hybridized carbons (Fsp3) is 0.722. The number of ether oxygens (including phenoxy) is 3. The van der Waals surface area contributed by atoms with Crippen molar-refractivity contribution < 1.29 is 28.6 Å². The van der Waals surface area contributed by atoms with Crippen LogP contribution in [0.5, 0.6) is 0 Å². The Kier molecular flexibility index (Phi) is 4.51. The van der Waals surface area contributed by atoms with Crippen molar-refractivity contribution in [1.29, 1.82) is 0 Å². The Morgan fingerprint density at radius 3 is 2.29 bits per heavy atom. The number of carbonyl (C=O) groups is 3. The SMILES string of the molecule is CCOC(=O)C1(C(=O)OCC)CC2=C(C1)[C@@H]1C[C@@H](C(C)=O)[C@H](C2)O1. The zero-order valence-corrected chi connectivity index (χ0v) is 14.4.